The van der Waals surface area contributed by atoms with Crippen LogP contribution in [-0.2, 0) is 6.42 Å². The quantitative estimate of drug-likeness (QED) is 0.525. The first-order valence-electron chi connectivity index (χ1n) is 7.88. The number of fused-ring (bicyclic) bond motifs is 1. The van der Waals surface area contributed by atoms with E-state index in [4.69, 9.17) is 4.98 Å². The van der Waals surface area contributed by atoms with Crippen molar-refractivity contribution in [1.82, 2.24) is 9.55 Å². The molecule has 0 bridgehead atoms. The highest BCUT2D eigenvalue weighted by Crippen LogP contribution is 2.26. The van der Waals surface area contributed by atoms with Crippen molar-refractivity contribution in [3.63, 3.8) is 0 Å². The predicted molar refractivity (Wildman–Crippen MR) is 97.7 cm³/mol. The monoisotopic (exact) mass is 324 g/mol. The Balaban J connectivity index is 2.37. The SMILES string of the molecule is CCc1ccccc1-n1c(SC(C)C)nc2ccccc2c1=O. The number of rotatable bonds is 4. The van der Waals surface area contributed by atoms with Gasteiger partial charge in [-0.2, -0.15) is 0 Å². The van der Waals surface area contributed by atoms with E-state index in [9.17, 15) is 4.79 Å². The van der Waals surface area contributed by atoms with Crippen LogP contribution in [0.5, 0.6) is 0 Å². The van der Waals surface area contributed by atoms with Crippen LogP contribution in [0, 0.1) is 0 Å². The third-order valence-electron chi connectivity index (χ3n) is 3.70. The van der Waals surface area contributed by atoms with Crippen LogP contribution < -0.4 is 5.56 Å². The summed E-state index contributed by atoms with van der Waals surface area (Å²) in [5.74, 6) is 0. The van der Waals surface area contributed by atoms with Crippen LogP contribution in [0.4, 0.5) is 0 Å². The second-order valence-electron chi connectivity index (χ2n) is 5.70. The van der Waals surface area contributed by atoms with Crippen molar-refractivity contribution in [1.29, 1.82) is 0 Å². The van der Waals surface area contributed by atoms with Crippen LogP contribution in [0.1, 0.15) is 26.3 Å². The van der Waals surface area contributed by atoms with E-state index < -0.39 is 0 Å². The van der Waals surface area contributed by atoms with E-state index in [1.807, 2.05) is 42.5 Å². The Morgan fingerprint density at radius 2 is 1.78 bits per heavy atom. The van der Waals surface area contributed by atoms with E-state index in [-0.39, 0.29) is 5.56 Å². The molecule has 1 heterocycles. The van der Waals surface area contributed by atoms with Crippen molar-refractivity contribution in [2.24, 2.45) is 0 Å². The zero-order valence-corrected chi connectivity index (χ0v) is 14.4. The first-order valence-corrected chi connectivity index (χ1v) is 8.76. The van der Waals surface area contributed by atoms with E-state index in [1.165, 1.54) is 0 Å². The molecule has 3 nitrogen and oxygen atoms in total. The maximum absolute atomic E-state index is 13.1. The van der Waals surface area contributed by atoms with Crippen LogP contribution in [0.15, 0.2) is 58.5 Å². The number of nitrogens with zero attached hydrogens (tertiary/aromatic N) is 2. The van der Waals surface area contributed by atoms with Gasteiger partial charge in [0.1, 0.15) is 0 Å². The van der Waals surface area contributed by atoms with Gasteiger partial charge in [-0.25, -0.2) is 4.98 Å². The molecule has 0 saturated carbocycles. The summed E-state index contributed by atoms with van der Waals surface area (Å²) < 4.78 is 1.77. The summed E-state index contributed by atoms with van der Waals surface area (Å²) in [5, 5.41) is 1.76. The summed E-state index contributed by atoms with van der Waals surface area (Å²) in [6, 6.07) is 15.6. The Hall–Kier alpha value is -2.07. The van der Waals surface area contributed by atoms with Crippen molar-refractivity contribution in [3.8, 4) is 5.69 Å². The Kier molecular flexibility index (Phi) is 4.53. The number of para-hydroxylation sites is 2. The Bertz CT molecular complexity index is 899. The fourth-order valence-electron chi connectivity index (χ4n) is 2.64. The smallest absolute Gasteiger partial charge is 0.266 e. The van der Waals surface area contributed by atoms with Crippen molar-refractivity contribution in [3.05, 3.63) is 64.4 Å². The van der Waals surface area contributed by atoms with Gasteiger partial charge in [0, 0.05) is 5.25 Å². The molecule has 3 rings (SSSR count). The molecule has 0 spiro atoms. The molecule has 1 aromatic heterocycles. The molecule has 0 aliphatic carbocycles. The van der Waals surface area contributed by atoms with Gasteiger partial charge < -0.3 is 0 Å². The molecule has 0 fully saturated rings. The summed E-state index contributed by atoms with van der Waals surface area (Å²) in [4.78, 5) is 17.9. The molecular weight excluding hydrogens is 304 g/mol. The third-order valence-corrected chi connectivity index (χ3v) is 4.66. The average molecular weight is 324 g/mol. The molecule has 0 aliphatic heterocycles. The normalized spacial score (nSPS) is 11.3. The minimum Gasteiger partial charge on any atom is -0.268 e. The van der Waals surface area contributed by atoms with Gasteiger partial charge in [0.25, 0.3) is 5.56 Å². The van der Waals surface area contributed by atoms with Crippen LogP contribution >= 0.6 is 11.8 Å². The van der Waals surface area contributed by atoms with Gasteiger partial charge in [0.05, 0.1) is 16.6 Å². The first kappa shape index (κ1) is 15.8. The van der Waals surface area contributed by atoms with E-state index in [0.29, 0.717) is 10.6 Å². The summed E-state index contributed by atoms with van der Waals surface area (Å²) >= 11 is 1.62. The molecule has 118 valence electrons. The van der Waals surface area contributed by atoms with E-state index >= 15 is 0 Å². The van der Waals surface area contributed by atoms with Crippen LogP contribution in [0.2, 0.25) is 0 Å². The van der Waals surface area contributed by atoms with Gasteiger partial charge in [0.15, 0.2) is 5.16 Å². The lowest BCUT2D eigenvalue weighted by molar-refractivity contribution is 0.805. The lowest BCUT2D eigenvalue weighted by atomic mass is 10.1. The molecule has 0 N–H and O–H groups in total. The first-order chi connectivity index (χ1) is 11.1. The number of hydrogen-bond donors (Lipinski definition) is 0. The molecule has 4 heteroatoms. The number of aromatic nitrogens is 2. The lowest BCUT2D eigenvalue weighted by Gasteiger charge is -2.16. The molecule has 0 unspecified atom stereocenters. The van der Waals surface area contributed by atoms with Gasteiger partial charge in [-0.15, -0.1) is 0 Å². The molecule has 23 heavy (non-hydrogen) atoms. The topological polar surface area (TPSA) is 34.9 Å². The average Bonchev–Trinajstić information content (AvgIpc) is 2.55. The Labute approximate surface area is 140 Å². The molecule has 2 aromatic carbocycles. The Morgan fingerprint density at radius 1 is 1.09 bits per heavy atom. The zero-order valence-electron chi connectivity index (χ0n) is 13.6. The molecule has 0 aliphatic rings. The highest BCUT2D eigenvalue weighted by atomic mass is 32.2. The van der Waals surface area contributed by atoms with Gasteiger partial charge in [-0.3, -0.25) is 9.36 Å². The standard InChI is InChI=1S/C19H20N2OS/c1-4-14-9-5-8-12-17(14)21-18(22)15-10-6-7-11-16(15)20-19(21)23-13(2)3/h5-13H,4H2,1-3H3. The molecule has 0 radical (unpaired) electrons. The third kappa shape index (κ3) is 3.04. The number of benzene rings is 2. The van der Waals surface area contributed by atoms with Crippen molar-refractivity contribution in [2.45, 2.75) is 37.6 Å². The number of hydrogen-bond acceptors (Lipinski definition) is 3. The predicted octanol–water partition coefficient (Wildman–Crippen LogP) is 4.45. The lowest BCUT2D eigenvalue weighted by Crippen LogP contribution is -2.23. The van der Waals surface area contributed by atoms with Gasteiger partial charge in [-0.1, -0.05) is 62.9 Å². The maximum atomic E-state index is 13.1. The molecule has 0 saturated heterocycles. The molecule has 0 atom stereocenters. The highest BCUT2D eigenvalue weighted by molar-refractivity contribution is 7.99. The Morgan fingerprint density at radius 3 is 2.52 bits per heavy atom. The maximum Gasteiger partial charge on any atom is 0.266 e. The van der Waals surface area contributed by atoms with E-state index in [2.05, 4.69) is 26.8 Å². The van der Waals surface area contributed by atoms with Gasteiger partial charge in [-0.05, 0) is 30.2 Å². The van der Waals surface area contributed by atoms with E-state index in [0.717, 1.165) is 28.3 Å². The van der Waals surface area contributed by atoms with Crippen molar-refractivity contribution >= 4 is 22.7 Å². The molecule has 3 aromatic rings. The van der Waals surface area contributed by atoms with Gasteiger partial charge >= 0.3 is 0 Å². The van der Waals surface area contributed by atoms with Gasteiger partial charge in [0.2, 0.25) is 0 Å². The van der Waals surface area contributed by atoms with Crippen LogP contribution in [0.25, 0.3) is 16.6 Å². The second-order valence-corrected chi connectivity index (χ2v) is 7.24. The van der Waals surface area contributed by atoms with Crippen LogP contribution in [-0.4, -0.2) is 14.8 Å². The molecular formula is C19H20N2OS. The summed E-state index contributed by atoms with van der Waals surface area (Å²) in [5.41, 5.74) is 2.84. The fraction of sp³-hybridized carbons (Fsp3) is 0.263. The minimum absolute atomic E-state index is 0.000324. The van der Waals surface area contributed by atoms with Crippen molar-refractivity contribution in [2.75, 3.05) is 0 Å². The highest BCUT2D eigenvalue weighted by Gasteiger charge is 2.15. The second kappa shape index (κ2) is 6.59. The molecule has 0 amide bonds. The number of thioether (sulfide) groups is 1. The zero-order chi connectivity index (χ0) is 16.4. The minimum atomic E-state index is -0.000324. The largest absolute Gasteiger partial charge is 0.268 e. The van der Waals surface area contributed by atoms with E-state index in [1.54, 1.807) is 16.3 Å². The number of aryl methyl sites for hydroxylation is 1. The van der Waals surface area contributed by atoms with Crippen molar-refractivity contribution < 1.29 is 0 Å². The van der Waals surface area contributed by atoms with Crippen LogP contribution in [0.3, 0.4) is 0 Å². The summed E-state index contributed by atoms with van der Waals surface area (Å²) in [6.45, 7) is 6.33. The summed E-state index contributed by atoms with van der Waals surface area (Å²) in [6.07, 6.45) is 0.876. The fourth-order valence-corrected chi connectivity index (χ4v) is 3.50. The summed E-state index contributed by atoms with van der Waals surface area (Å²) in [7, 11) is 0.